The smallest absolute Gasteiger partial charge is 0.229 e. The molecule has 0 N–H and O–H groups in total. The quantitative estimate of drug-likeness (QED) is 0.751. The Morgan fingerprint density at radius 2 is 1.97 bits per heavy atom. The first-order valence-corrected chi connectivity index (χ1v) is 10.7. The molecule has 1 saturated heterocycles. The van der Waals surface area contributed by atoms with Crippen LogP contribution in [0, 0.1) is 11.3 Å². The topological polar surface area (TPSA) is 56.6 Å². The highest BCUT2D eigenvalue weighted by Crippen LogP contribution is 2.45. The highest BCUT2D eigenvalue weighted by atomic mass is 32.2. The molecule has 0 aromatic heterocycles. The molecule has 1 fully saturated rings. The second-order valence-electron chi connectivity index (χ2n) is 7.09. The van der Waals surface area contributed by atoms with E-state index in [1.165, 1.54) is 5.56 Å². The molecule has 0 unspecified atom stereocenters. The fourth-order valence-corrected chi connectivity index (χ4v) is 5.21. The summed E-state index contributed by atoms with van der Waals surface area (Å²) in [5.41, 5.74) is 3.96. The molecule has 6 heteroatoms. The van der Waals surface area contributed by atoms with Gasteiger partial charge in [-0.2, -0.15) is 5.26 Å². The maximum atomic E-state index is 13.1. The van der Waals surface area contributed by atoms with Gasteiger partial charge in [0.15, 0.2) is 0 Å². The molecule has 5 nitrogen and oxygen atoms in total. The van der Waals surface area contributed by atoms with E-state index in [0.717, 1.165) is 22.7 Å². The molecule has 1 atom stereocenters. The summed E-state index contributed by atoms with van der Waals surface area (Å²) in [6.45, 7) is 2.61. The monoisotopic (exact) mass is 405 g/mol. The maximum Gasteiger partial charge on any atom is 0.229 e. The minimum Gasteiger partial charge on any atom is -0.496 e. The fraction of sp³-hybridized carbons (Fsp3) is 0.304. The molecule has 1 amide bonds. The molecule has 4 rings (SSSR count). The summed E-state index contributed by atoms with van der Waals surface area (Å²) in [6.07, 6.45) is 1.21. The van der Waals surface area contributed by atoms with Gasteiger partial charge >= 0.3 is 0 Å². The minimum absolute atomic E-state index is 0.0427. The Kier molecular flexibility index (Phi) is 5.50. The summed E-state index contributed by atoms with van der Waals surface area (Å²) in [6, 6.07) is 18.3. The van der Waals surface area contributed by atoms with Crippen LogP contribution in [0.5, 0.6) is 5.75 Å². The number of benzene rings is 2. The van der Waals surface area contributed by atoms with E-state index in [4.69, 9.17) is 4.74 Å². The molecule has 2 heterocycles. The molecular weight excluding hydrogens is 382 g/mol. The predicted molar refractivity (Wildman–Crippen MR) is 115 cm³/mol. The molecule has 148 valence electrons. The zero-order chi connectivity index (χ0) is 20.4. The van der Waals surface area contributed by atoms with Gasteiger partial charge in [0.05, 0.1) is 36.3 Å². The normalized spacial score (nSPS) is 19.1. The molecule has 0 aliphatic carbocycles. The Hall–Kier alpha value is -2.91. The predicted octanol–water partition coefficient (Wildman–Crippen LogP) is 4.48. The standard InChI is InChI=1S/C23H23N3O2S/c1-3-16-8-4-6-10-20(16)25-14-26-22(27)12-18(19(13-24)23(26)29-15-25)17-9-5-7-11-21(17)28-2/h4-11,18H,3,12,14-15H2,1-2H3/t18-/m1/s1. The third-order valence-corrected chi connectivity index (χ3v) is 6.68. The van der Waals surface area contributed by atoms with E-state index in [0.29, 0.717) is 23.9 Å². The van der Waals surface area contributed by atoms with Gasteiger partial charge in [0.25, 0.3) is 0 Å². The molecule has 2 aliphatic heterocycles. The second kappa shape index (κ2) is 8.22. The van der Waals surface area contributed by atoms with Crippen LogP contribution >= 0.6 is 11.8 Å². The van der Waals surface area contributed by atoms with Crippen LogP contribution in [0.25, 0.3) is 0 Å². The zero-order valence-electron chi connectivity index (χ0n) is 16.6. The van der Waals surface area contributed by atoms with Crippen LogP contribution in [0.4, 0.5) is 5.69 Å². The number of hydrogen-bond acceptors (Lipinski definition) is 5. The summed E-state index contributed by atoms with van der Waals surface area (Å²) in [5, 5.41) is 10.7. The first-order valence-electron chi connectivity index (χ1n) is 9.71. The van der Waals surface area contributed by atoms with Gasteiger partial charge in [0, 0.05) is 23.6 Å². The number of allylic oxidation sites excluding steroid dienone is 1. The average molecular weight is 406 g/mol. The summed E-state index contributed by atoms with van der Waals surface area (Å²) >= 11 is 1.56. The summed E-state index contributed by atoms with van der Waals surface area (Å²) < 4.78 is 5.49. The Bertz CT molecular complexity index is 1010. The van der Waals surface area contributed by atoms with Crippen LogP contribution in [-0.2, 0) is 11.2 Å². The third-order valence-electron chi connectivity index (χ3n) is 5.52. The number of carbonyl (C=O) groups is 1. The number of methoxy groups -OCH3 is 1. The van der Waals surface area contributed by atoms with Gasteiger partial charge in [-0.3, -0.25) is 9.69 Å². The Balaban J connectivity index is 1.70. The lowest BCUT2D eigenvalue weighted by Crippen LogP contribution is -2.47. The van der Waals surface area contributed by atoms with Crippen LogP contribution in [0.15, 0.2) is 59.1 Å². The first-order chi connectivity index (χ1) is 14.2. The Morgan fingerprint density at radius 1 is 1.21 bits per heavy atom. The number of hydrogen-bond donors (Lipinski definition) is 0. The molecular formula is C23H23N3O2S. The number of carbonyl (C=O) groups excluding carboxylic acids is 1. The number of anilines is 1. The molecule has 29 heavy (non-hydrogen) atoms. The van der Waals surface area contributed by atoms with Crippen molar-refractivity contribution in [1.29, 1.82) is 5.26 Å². The zero-order valence-corrected chi connectivity index (χ0v) is 17.4. The number of rotatable bonds is 4. The van der Waals surface area contributed by atoms with Crippen LogP contribution in [0.3, 0.4) is 0 Å². The van der Waals surface area contributed by atoms with Gasteiger partial charge in [0.2, 0.25) is 5.91 Å². The van der Waals surface area contributed by atoms with Crippen molar-refractivity contribution in [1.82, 2.24) is 4.90 Å². The Morgan fingerprint density at radius 3 is 2.72 bits per heavy atom. The van der Waals surface area contributed by atoms with E-state index in [9.17, 15) is 10.1 Å². The number of fused-ring (bicyclic) bond motifs is 1. The van der Waals surface area contributed by atoms with Crippen molar-refractivity contribution >= 4 is 23.4 Å². The van der Waals surface area contributed by atoms with Gasteiger partial charge < -0.3 is 9.64 Å². The molecule has 0 bridgehead atoms. The number of thioether (sulfide) groups is 1. The lowest BCUT2D eigenvalue weighted by atomic mass is 9.86. The number of amides is 1. The van der Waals surface area contributed by atoms with E-state index in [1.807, 2.05) is 36.4 Å². The first kappa shape index (κ1) is 19.4. The summed E-state index contributed by atoms with van der Waals surface area (Å²) in [5.74, 6) is 1.20. The third kappa shape index (κ3) is 3.47. The largest absolute Gasteiger partial charge is 0.496 e. The van der Waals surface area contributed by atoms with E-state index in [-0.39, 0.29) is 18.2 Å². The molecule has 0 spiro atoms. The van der Waals surface area contributed by atoms with Crippen LogP contribution in [0.2, 0.25) is 0 Å². The van der Waals surface area contributed by atoms with Gasteiger partial charge in [-0.25, -0.2) is 0 Å². The number of nitrogens with zero attached hydrogens (tertiary/aromatic N) is 3. The van der Waals surface area contributed by atoms with Crippen LogP contribution in [-0.4, -0.2) is 30.5 Å². The SMILES string of the molecule is CCc1ccccc1N1CSC2=C(C#N)[C@@H](c3ccccc3OC)CC(=O)N2C1. The van der Waals surface area contributed by atoms with Crippen molar-refractivity contribution in [3.8, 4) is 11.8 Å². The second-order valence-corrected chi connectivity index (χ2v) is 8.02. The molecule has 0 radical (unpaired) electrons. The highest BCUT2D eigenvalue weighted by Gasteiger charge is 2.39. The van der Waals surface area contributed by atoms with Crippen molar-refractivity contribution in [2.75, 3.05) is 24.6 Å². The van der Waals surface area contributed by atoms with Crippen molar-refractivity contribution < 1.29 is 9.53 Å². The maximum absolute atomic E-state index is 13.1. The average Bonchev–Trinajstić information content (AvgIpc) is 2.78. The Labute approximate surface area is 175 Å². The number of nitriles is 1. The van der Waals surface area contributed by atoms with Gasteiger partial charge in [-0.15, -0.1) is 0 Å². The van der Waals surface area contributed by atoms with E-state index < -0.39 is 0 Å². The van der Waals surface area contributed by atoms with Gasteiger partial charge in [-0.1, -0.05) is 55.1 Å². The van der Waals surface area contributed by atoms with E-state index in [1.54, 1.807) is 23.8 Å². The molecule has 2 aromatic rings. The van der Waals surface area contributed by atoms with Crippen molar-refractivity contribution in [3.05, 3.63) is 70.3 Å². The van der Waals surface area contributed by atoms with Crippen molar-refractivity contribution in [2.24, 2.45) is 0 Å². The van der Waals surface area contributed by atoms with Crippen LogP contribution < -0.4 is 9.64 Å². The van der Waals surface area contributed by atoms with E-state index >= 15 is 0 Å². The van der Waals surface area contributed by atoms with Crippen LogP contribution in [0.1, 0.15) is 30.4 Å². The summed E-state index contributed by atoms with van der Waals surface area (Å²) in [4.78, 5) is 17.1. The number of para-hydroxylation sites is 2. The number of ether oxygens (including phenoxy) is 1. The van der Waals surface area contributed by atoms with Gasteiger partial charge in [0.1, 0.15) is 5.75 Å². The lowest BCUT2D eigenvalue weighted by molar-refractivity contribution is -0.129. The van der Waals surface area contributed by atoms with Crippen molar-refractivity contribution in [2.45, 2.75) is 25.7 Å². The number of aryl methyl sites for hydroxylation is 1. The molecule has 0 saturated carbocycles. The lowest BCUT2D eigenvalue weighted by Gasteiger charge is -2.42. The summed E-state index contributed by atoms with van der Waals surface area (Å²) in [7, 11) is 1.62. The molecule has 2 aliphatic rings. The van der Waals surface area contributed by atoms with Crippen molar-refractivity contribution in [3.63, 3.8) is 0 Å². The van der Waals surface area contributed by atoms with E-state index in [2.05, 4.69) is 30.0 Å². The highest BCUT2D eigenvalue weighted by molar-refractivity contribution is 8.03. The minimum atomic E-state index is -0.267. The molecule has 2 aromatic carbocycles. The fourth-order valence-electron chi connectivity index (χ4n) is 4.05. The van der Waals surface area contributed by atoms with Gasteiger partial charge in [-0.05, 0) is 24.1 Å².